The van der Waals surface area contributed by atoms with Crippen molar-refractivity contribution in [3.63, 3.8) is 0 Å². The van der Waals surface area contributed by atoms with Crippen molar-refractivity contribution in [1.29, 1.82) is 0 Å². The fraction of sp³-hybridized carbons (Fsp3) is 0.235. The van der Waals surface area contributed by atoms with E-state index in [0.29, 0.717) is 19.0 Å². The zero-order valence-corrected chi connectivity index (χ0v) is 13.6. The summed E-state index contributed by atoms with van der Waals surface area (Å²) >= 11 is 0. The number of morpholine rings is 1. The van der Waals surface area contributed by atoms with Gasteiger partial charge in [0.1, 0.15) is 5.82 Å². The van der Waals surface area contributed by atoms with Crippen LogP contribution in [0.3, 0.4) is 0 Å². The summed E-state index contributed by atoms with van der Waals surface area (Å²) < 4.78 is 24.3. The Morgan fingerprint density at radius 2 is 2.04 bits per heavy atom. The third-order valence-electron chi connectivity index (χ3n) is 3.91. The molecule has 2 aromatic heterocycles. The van der Waals surface area contributed by atoms with Crippen LogP contribution in [0.1, 0.15) is 22.4 Å². The van der Waals surface area contributed by atoms with E-state index >= 15 is 0 Å². The Balaban J connectivity index is 1.50. The summed E-state index contributed by atoms with van der Waals surface area (Å²) in [6, 6.07) is 7.28. The zero-order valence-electron chi connectivity index (χ0n) is 13.6. The minimum absolute atomic E-state index is 0.229. The first kappa shape index (κ1) is 16.3. The van der Waals surface area contributed by atoms with Crippen molar-refractivity contribution in [1.82, 2.24) is 25.0 Å². The molecule has 132 valence electrons. The van der Waals surface area contributed by atoms with Gasteiger partial charge in [0.2, 0.25) is 11.6 Å². The summed E-state index contributed by atoms with van der Waals surface area (Å²) in [6.07, 6.45) is 2.59. The number of nitrogens with zero attached hydrogens (tertiary/aromatic N) is 5. The highest BCUT2D eigenvalue weighted by Crippen LogP contribution is 2.23. The van der Waals surface area contributed by atoms with Gasteiger partial charge in [0.25, 0.3) is 11.8 Å². The van der Waals surface area contributed by atoms with E-state index in [0.717, 1.165) is 0 Å². The van der Waals surface area contributed by atoms with E-state index in [-0.39, 0.29) is 29.7 Å². The lowest BCUT2D eigenvalue weighted by molar-refractivity contribution is -0.0367. The summed E-state index contributed by atoms with van der Waals surface area (Å²) in [6.45, 7) is 0.937. The van der Waals surface area contributed by atoms with E-state index in [1.54, 1.807) is 29.4 Å². The molecule has 1 atom stereocenters. The number of hydrogen-bond acceptors (Lipinski definition) is 7. The molecular weight excluding hydrogens is 341 g/mol. The van der Waals surface area contributed by atoms with E-state index in [4.69, 9.17) is 9.26 Å². The molecule has 0 N–H and O–H groups in total. The molecule has 4 rings (SSSR count). The molecule has 0 radical (unpaired) electrons. The van der Waals surface area contributed by atoms with Gasteiger partial charge < -0.3 is 14.2 Å². The minimum Gasteiger partial charge on any atom is -0.365 e. The van der Waals surface area contributed by atoms with Gasteiger partial charge in [-0.05, 0) is 24.3 Å². The Hall–Kier alpha value is -3.20. The van der Waals surface area contributed by atoms with E-state index in [1.165, 1.54) is 18.2 Å². The van der Waals surface area contributed by atoms with Crippen LogP contribution in [0.2, 0.25) is 0 Å². The molecule has 1 amide bonds. The second kappa shape index (κ2) is 6.96. The van der Waals surface area contributed by atoms with Crippen molar-refractivity contribution in [2.24, 2.45) is 0 Å². The number of amides is 1. The smallest absolute Gasteiger partial charge is 0.258 e. The normalized spacial score (nSPS) is 17.3. The molecule has 1 saturated heterocycles. The molecule has 9 heteroatoms. The van der Waals surface area contributed by atoms with Gasteiger partial charge in [0.05, 0.1) is 13.2 Å². The zero-order chi connectivity index (χ0) is 17.9. The number of aromatic nitrogens is 4. The Kier molecular flexibility index (Phi) is 4.36. The largest absolute Gasteiger partial charge is 0.365 e. The van der Waals surface area contributed by atoms with Gasteiger partial charge in [-0.15, -0.1) is 0 Å². The van der Waals surface area contributed by atoms with Gasteiger partial charge in [-0.25, -0.2) is 14.4 Å². The molecule has 26 heavy (non-hydrogen) atoms. The highest BCUT2D eigenvalue weighted by Gasteiger charge is 2.30. The molecule has 1 aromatic carbocycles. The summed E-state index contributed by atoms with van der Waals surface area (Å²) in [5.41, 5.74) is 0.287. The molecule has 0 bridgehead atoms. The number of ether oxygens (including phenoxy) is 1. The molecule has 0 saturated carbocycles. The lowest BCUT2D eigenvalue weighted by Crippen LogP contribution is -2.42. The van der Waals surface area contributed by atoms with Gasteiger partial charge in [-0.2, -0.15) is 4.98 Å². The summed E-state index contributed by atoms with van der Waals surface area (Å²) in [5.74, 6) is 0.0990. The van der Waals surface area contributed by atoms with Crippen molar-refractivity contribution in [2.75, 3.05) is 19.7 Å². The third kappa shape index (κ3) is 3.29. The van der Waals surface area contributed by atoms with Crippen molar-refractivity contribution in [3.8, 4) is 11.6 Å². The lowest BCUT2D eigenvalue weighted by Gasteiger charge is -2.31. The second-order valence-corrected chi connectivity index (χ2v) is 5.65. The van der Waals surface area contributed by atoms with Crippen molar-refractivity contribution in [2.45, 2.75) is 6.10 Å². The van der Waals surface area contributed by atoms with Crippen molar-refractivity contribution in [3.05, 3.63) is 60.0 Å². The topological polar surface area (TPSA) is 94.2 Å². The average Bonchev–Trinajstić information content (AvgIpc) is 3.18. The van der Waals surface area contributed by atoms with Gasteiger partial charge in [-0.3, -0.25) is 4.79 Å². The van der Waals surface area contributed by atoms with E-state index in [2.05, 4.69) is 20.1 Å². The quantitative estimate of drug-likeness (QED) is 0.708. The minimum atomic E-state index is -0.564. The summed E-state index contributed by atoms with van der Waals surface area (Å²) in [5, 5.41) is 3.86. The number of hydrogen-bond donors (Lipinski definition) is 0. The second-order valence-electron chi connectivity index (χ2n) is 5.65. The van der Waals surface area contributed by atoms with E-state index in [1.807, 2.05) is 0 Å². The lowest BCUT2D eigenvalue weighted by atomic mass is 10.1. The van der Waals surface area contributed by atoms with Crippen LogP contribution < -0.4 is 0 Å². The van der Waals surface area contributed by atoms with Gasteiger partial charge in [0.15, 0.2) is 6.10 Å². The third-order valence-corrected chi connectivity index (χ3v) is 3.91. The maximum Gasteiger partial charge on any atom is 0.258 e. The maximum atomic E-state index is 13.4. The molecule has 0 aliphatic carbocycles. The fourth-order valence-corrected chi connectivity index (χ4v) is 2.66. The highest BCUT2D eigenvalue weighted by molar-refractivity contribution is 5.94. The van der Waals surface area contributed by atoms with E-state index < -0.39 is 11.9 Å². The van der Waals surface area contributed by atoms with E-state index in [9.17, 15) is 9.18 Å². The SMILES string of the molecule is O=C(c1cccc(F)c1)N1CCOC(c2nc(-c3ncccn3)no2)C1. The summed E-state index contributed by atoms with van der Waals surface area (Å²) in [4.78, 5) is 26.5. The number of benzene rings is 1. The maximum absolute atomic E-state index is 13.4. The van der Waals surface area contributed by atoms with Crippen LogP contribution in [0.4, 0.5) is 4.39 Å². The van der Waals surface area contributed by atoms with Crippen LogP contribution in [-0.4, -0.2) is 50.6 Å². The number of carbonyl (C=O) groups is 1. The Bertz CT molecular complexity index is 918. The predicted molar refractivity (Wildman–Crippen MR) is 86.3 cm³/mol. The monoisotopic (exact) mass is 355 g/mol. The van der Waals surface area contributed by atoms with Crippen LogP contribution >= 0.6 is 0 Å². The van der Waals surface area contributed by atoms with Crippen molar-refractivity contribution < 1.29 is 18.4 Å². The van der Waals surface area contributed by atoms with Crippen molar-refractivity contribution >= 4 is 5.91 Å². The molecule has 1 unspecified atom stereocenters. The average molecular weight is 355 g/mol. The standard InChI is InChI=1S/C17H14FN5O3/c18-12-4-1-3-11(9-12)17(24)23-7-8-25-13(10-23)16-21-15(22-26-16)14-19-5-2-6-20-14/h1-6,9,13H,7-8,10H2. The molecule has 1 fully saturated rings. The Labute approximate surface area is 147 Å². The number of halogens is 1. The van der Waals surface area contributed by atoms with Gasteiger partial charge in [-0.1, -0.05) is 11.2 Å². The molecule has 8 nitrogen and oxygen atoms in total. The Morgan fingerprint density at radius 3 is 2.85 bits per heavy atom. The van der Waals surface area contributed by atoms with Gasteiger partial charge in [0, 0.05) is 24.5 Å². The highest BCUT2D eigenvalue weighted by atomic mass is 19.1. The predicted octanol–water partition coefficient (Wildman–Crippen LogP) is 1.88. The summed E-state index contributed by atoms with van der Waals surface area (Å²) in [7, 11) is 0. The molecule has 3 aromatic rings. The first-order chi connectivity index (χ1) is 12.7. The molecule has 1 aliphatic rings. The van der Waals surface area contributed by atoms with Crippen LogP contribution in [0, 0.1) is 5.82 Å². The Morgan fingerprint density at radius 1 is 1.19 bits per heavy atom. The van der Waals surface area contributed by atoms with Gasteiger partial charge >= 0.3 is 0 Å². The van der Waals surface area contributed by atoms with Crippen LogP contribution in [-0.2, 0) is 4.74 Å². The molecule has 0 spiro atoms. The first-order valence-electron chi connectivity index (χ1n) is 7.98. The molecular formula is C17H14FN5O3. The van der Waals surface area contributed by atoms with Crippen LogP contribution in [0.5, 0.6) is 0 Å². The molecule has 3 heterocycles. The van der Waals surface area contributed by atoms with Crippen LogP contribution in [0.25, 0.3) is 11.6 Å². The fourth-order valence-electron chi connectivity index (χ4n) is 2.66. The molecule has 1 aliphatic heterocycles. The number of rotatable bonds is 3. The first-order valence-corrected chi connectivity index (χ1v) is 7.98. The number of carbonyl (C=O) groups excluding carboxylic acids is 1. The van der Waals surface area contributed by atoms with Crippen LogP contribution in [0.15, 0.2) is 47.2 Å².